The molecule has 1 aromatic carbocycles. The number of H-pyrrole nitrogens is 1. The quantitative estimate of drug-likeness (QED) is 0.714. The van der Waals surface area contributed by atoms with Crippen LogP contribution in [0.25, 0.3) is 0 Å². The Balaban J connectivity index is 1.98. The van der Waals surface area contributed by atoms with E-state index in [2.05, 4.69) is 15.5 Å². The first-order chi connectivity index (χ1) is 11.5. The Morgan fingerprint density at radius 2 is 2.08 bits per heavy atom. The molecule has 0 aliphatic carbocycles. The molecule has 0 bridgehead atoms. The monoisotopic (exact) mass is 350 g/mol. The van der Waals surface area contributed by atoms with Crippen molar-refractivity contribution in [3.05, 3.63) is 34.7 Å². The average molecular weight is 350 g/mol. The Morgan fingerprint density at radius 1 is 1.38 bits per heavy atom. The van der Waals surface area contributed by atoms with Crippen LogP contribution >= 0.6 is 11.8 Å². The van der Waals surface area contributed by atoms with E-state index >= 15 is 0 Å². The number of carbonyl (C=O) groups is 1. The van der Waals surface area contributed by atoms with Crippen molar-refractivity contribution in [2.24, 2.45) is 0 Å². The van der Waals surface area contributed by atoms with Gasteiger partial charge in [-0.3, -0.25) is 9.36 Å². The number of ether oxygens (including phenoxy) is 1. The molecule has 0 fully saturated rings. The average Bonchev–Trinajstić information content (AvgIpc) is 2.90. The summed E-state index contributed by atoms with van der Waals surface area (Å²) in [4.78, 5) is 24.0. The second-order valence-electron chi connectivity index (χ2n) is 5.17. The molecule has 2 aromatic rings. The first-order valence-corrected chi connectivity index (χ1v) is 8.78. The number of amides is 1. The van der Waals surface area contributed by atoms with Gasteiger partial charge in [-0.05, 0) is 44.5 Å². The van der Waals surface area contributed by atoms with Crippen molar-refractivity contribution >= 4 is 23.4 Å². The molecule has 2 rings (SSSR count). The van der Waals surface area contributed by atoms with Gasteiger partial charge < -0.3 is 10.1 Å². The number of hydrogen-bond acceptors (Lipinski definition) is 5. The second-order valence-corrected chi connectivity index (χ2v) is 6.48. The van der Waals surface area contributed by atoms with Crippen LogP contribution < -0.4 is 15.7 Å². The third-order valence-corrected chi connectivity index (χ3v) is 4.34. The summed E-state index contributed by atoms with van der Waals surface area (Å²) in [6, 6.07) is 7.21. The van der Waals surface area contributed by atoms with Crippen LogP contribution in [0, 0.1) is 0 Å². The van der Waals surface area contributed by atoms with Crippen molar-refractivity contribution in [3.8, 4) is 5.75 Å². The molecule has 0 aliphatic heterocycles. The van der Waals surface area contributed by atoms with Gasteiger partial charge in [0.25, 0.3) is 0 Å². The molecule has 0 aliphatic rings. The van der Waals surface area contributed by atoms with Crippen LogP contribution in [0.3, 0.4) is 0 Å². The summed E-state index contributed by atoms with van der Waals surface area (Å²) in [5.74, 6) is 0.612. The van der Waals surface area contributed by atoms with Gasteiger partial charge in [-0.1, -0.05) is 18.7 Å². The van der Waals surface area contributed by atoms with Gasteiger partial charge >= 0.3 is 5.69 Å². The lowest BCUT2D eigenvalue weighted by molar-refractivity contribution is -0.115. The van der Waals surface area contributed by atoms with Gasteiger partial charge in [-0.2, -0.15) is 0 Å². The van der Waals surface area contributed by atoms with Crippen molar-refractivity contribution in [2.75, 3.05) is 11.9 Å². The van der Waals surface area contributed by atoms with Crippen LogP contribution in [0.4, 0.5) is 5.69 Å². The minimum atomic E-state index is -0.387. The van der Waals surface area contributed by atoms with Gasteiger partial charge in [-0.15, -0.1) is 5.10 Å². The predicted molar refractivity (Wildman–Crippen MR) is 94.7 cm³/mol. The Hall–Kier alpha value is -2.22. The van der Waals surface area contributed by atoms with Crippen molar-refractivity contribution in [1.82, 2.24) is 14.8 Å². The molecule has 130 valence electrons. The van der Waals surface area contributed by atoms with Gasteiger partial charge in [0.15, 0.2) is 5.16 Å². The molecule has 0 radical (unpaired) electrons. The van der Waals surface area contributed by atoms with Crippen LogP contribution in [0.5, 0.6) is 5.75 Å². The van der Waals surface area contributed by atoms with Crippen LogP contribution in [0.2, 0.25) is 0 Å². The van der Waals surface area contributed by atoms with Crippen LogP contribution in [0.1, 0.15) is 27.2 Å². The van der Waals surface area contributed by atoms with E-state index in [4.69, 9.17) is 4.74 Å². The molecule has 0 saturated heterocycles. The lowest BCUT2D eigenvalue weighted by Gasteiger charge is -2.12. The maximum Gasteiger partial charge on any atom is 0.343 e. The van der Waals surface area contributed by atoms with E-state index in [1.54, 1.807) is 23.6 Å². The van der Waals surface area contributed by atoms with Crippen LogP contribution in [0.15, 0.2) is 34.2 Å². The summed E-state index contributed by atoms with van der Waals surface area (Å²) in [6.07, 6.45) is 0.819. The first kappa shape index (κ1) is 18.1. The fraction of sp³-hybridized carbons (Fsp3) is 0.438. The summed E-state index contributed by atoms with van der Waals surface area (Å²) in [7, 11) is 0. The molecule has 8 heteroatoms. The van der Waals surface area contributed by atoms with Crippen LogP contribution in [-0.4, -0.2) is 32.5 Å². The normalized spacial score (nSPS) is 12.0. The molecule has 1 atom stereocenters. The summed E-state index contributed by atoms with van der Waals surface area (Å²) in [5, 5.41) is 9.40. The summed E-state index contributed by atoms with van der Waals surface area (Å²) >= 11 is 1.25. The molecule has 1 heterocycles. The minimum Gasteiger partial charge on any atom is -0.494 e. The fourth-order valence-electron chi connectivity index (χ4n) is 2.07. The van der Waals surface area contributed by atoms with E-state index in [1.165, 1.54) is 11.8 Å². The molecule has 0 saturated carbocycles. The standard InChI is InChI=1S/C16H22N4O3S/c1-4-10-20-15(22)18-19-16(20)24-11(3)14(21)17-12-6-8-13(9-7-12)23-5-2/h6-9,11H,4-5,10H2,1-3H3,(H,17,21)(H,18,22). The molecule has 2 N–H and O–H groups in total. The maximum atomic E-state index is 12.3. The Bertz CT molecular complexity index is 724. The second kappa shape index (κ2) is 8.58. The zero-order valence-corrected chi connectivity index (χ0v) is 14.9. The smallest absolute Gasteiger partial charge is 0.343 e. The molecule has 0 spiro atoms. The zero-order valence-electron chi connectivity index (χ0n) is 14.0. The van der Waals surface area contributed by atoms with Crippen molar-refractivity contribution in [2.45, 2.75) is 44.1 Å². The third-order valence-electron chi connectivity index (χ3n) is 3.25. The molecule has 1 unspecified atom stereocenters. The number of benzene rings is 1. The van der Waals surface area contributed by atoms with Gasteiger partial charge in [0.1, 0.15) is 5.75 Å². The molecular formula is C16H22N4O3S. The maximum absolute atomic E-state index is 12.3. The van der Waals surface area contributed by atoms with E-state index in [1.807, 2.05) is 26.0 Å². The molecule has 1 aromatic heterocycles. The minimum absolute atomic E-state index is 0.150. The number of carbonyl (C=O) groups excluding carboxylic acids is 1. The highest BCUT2D eigenvalue weighted by Gasteiger charge is 2.19. The summed E-state index contributed by atoms with van der Waals surface area (Å²) < 4.78 is 6.92. The highest BCUT2D eigenvalue weighted by Crippen LogP contribution is 2.22. The number of aromatic amines is 1. The number of thioether (sulfide) groups is 1. The highest BCUT2D eigenvalue weighted by molar-refractivity contribution is 8.00. The van der Waals surface area contributed by atoms with Crippen molar-refractivity contribution in [1.29, 1.82) is 0 Å². The Labute approximate surface area is 144 Å². The van der Waals surface area contributed by atoms with Gasteiger partial charge in [-0.25, -0.2) is 9.89 Å². The number of nitrogens with zero attached hydrogens (tertiary/aromatic N) is 2. The molecular weight excluding hydrogens is 328 g/mol. The van der Waals surface area contributed by atoms with Gasteiger partial charge in [0, 0.05) is 12.2 Å². The lowest BCUT2D eigenvalue weighted by Crippen LogP contribution is -2.24. The van der Waals surface area contributed by atoms with E-state index in [0.29, 0.717) is 24.0 Å². The lowest BCUT2D eigenvalue weighted by atomic mass is 10.3. The highest BCUT2D eigenvalue weighted by atomic mass is 32.2. The number of rotatable bonds is 8. The fourth-order valence-corrected chi connectivity index (χ4v) is 2.95. The molecule has 7 nitrogen and oxygen atoms in total. The number of anilines is 1. The predicted octanol–water partition coefficient (Wildman–Crippen LogP) is 2.50. The zero-order chi connectivity index (χ0) is 17.5. The summed E-state index contributed by atoms with van der Waals surface area (Å²) in [5.41, 5.74) is 0.447. The van der Waals surface area contributed by atoms with Gasteiger partial charge in [0.2, 0.25) is 5.91 Å². The van der Waals surface area contributed by atoms with E-state index in [9.17, 15) is 9.59 Å². The van der Waals surface area contributed by atoms with Crippen molar-refractivity contribution < 1.29 is 9.53 Å². The topological polar surface area (TPSA) is 89.0 Å². The largest absolute Gasteiger partial charge is 0.494 e. The Morgan fingerprint density at radius 3 is 2.71 bits per heavy atom. The first-order valence-electron chi connectivity index (χ1n) is 7.90. The van der Waals surface area contributed by atoms with Gasteiger partial charge in [0.05, 0.1) is 11.9 Å². The van der Waals surface area contributed by atoms with E-state index < -0.39 is 0 Å². The summed E-state index contributed by atoms with van der Waals surface area (Å²) in [6.45, 7) is 6.86. The van der Waals surface area contributed by atoms with E-state index in [0.717, 1.165) is 12.2 Å². The van der Waals surface area contributed by atoms with E-state index in [-0.39, 0.29) is 16.8 Å². The SMILES string of the molecule is CCCn1c(SC(C)C(=O)Nc2ccc(OCC)cc2)n[nH]c1=O. The molecule has 1 amide bonds. The Kier molecular flexibility index (Phi) is 6.48. The number of hydrogen-bond donors (Lipinski definition) is 2. The van der Waals surface area contributed by atoms with Crippen molar-refractivity contribution in [3.63, 3.8) is 0 Å². The number of aromatic nitrogens is 3. The number of nitrogens with one attached hydrogen (secondary N) is 2. The molecule has 24 heavy (non-hydrogen) atoms. The third kappa shape index (κ3) is 4.64. The van der Waals surface area contributed by atoms with Crippen LogP contribution in [-0.2, 0) is 11.3 Å².